The third kappa shape index (κ3) is 35.6. The molecule has 0 aliphatic carbocycles. The smallest absolute Gasteiger partial charge is 0.317 e. The molecule has 466 valence electrons. The number of carbonyl (C=O) groups excluding carboxylic acids is 9. The van der Waals surface area contributed by atoms with Crippen molar-refractivity contribution in [3.05, 3.63) is 0 Å². The molecular formula is C52H89N11O19. The number of carboxylic acids is 4. The molecule has 0 unspecified atom stereocenters. The van der Waals surface area contributed by atoms with Gasteiger partial charge in [0.05, 0.1) is 45.9 Å². The van der Waals surface area contributed by atoms with Crippen molar-refractivity contribution in [3.8, 4) is 0 Å². The number of nitrogens with two attached hydrogens (primary N) is 2. The average Bonchev–Trinajstić information content (AvgIpc) is 4.00. The molecular weight excluding hydrogens is 1080 g/mol. The van der Waals surface area contributed by atoms with Crippen LogP contribution in [0.1, 0.15) is 142 Å². The highest BCUT2D eigenvalue weighted by molar-refractivity contribution is 5.98. The second kappa shape index (κ2) is 43.7. The molecule has 1 aliphatic rings. The van der Waals surface area contributed by atoms with Gasteiger partial charge < -0.3 is 83.5 Å². The molecule has 0 bridgehead atoms. The number of rotatable bonds is 49. The van der Waals surface area contributed by atoms with Gasteiger partial charge in [0.1, 0.15) is 36.8 Å². The summed E-state index contributed by atoms with van der Waals surface area (Å²) in [4.78, 5) is 164. The fourth-order valence-corrected chi connectivity index (χ4v) is 8.63. The second-order valence-electron chi connectivity index (χ2n) is 19.9. The molecule has 1 fully saturated rings. The van der Waals surface area contributed by atoms with E-state index in [9.17, 15) is 77.6 Å². The second-order valence-corrected chi connectivity index (χ2v) is 19.9. The minimum absolute atomic E-state index is 0.00986. The minimum atomic E-state index is -1.92. The largest absolute Gasteiger partial charge is 0.481 e. The molecule has 30 heteroatoms. The monoisotopic (exact) mass is 1170 g/mol. The molecule has 1 aliphatic heterocycles. The van der Waals surface area contributed by atoms with E-state index in [2.05, 4.69) is 37.2 Å². The van der Waals surface area contributed by atoms with Crippen molar-refractivity contribution in [2.75, 3.05) is 78.8 Å². The SMILES string of the molecule is CC(=O)N1CCC[C@H]1C(=O)N[C@@H](CCCCN)C(=O)N[C@@H](CC(=O)O)C(=O)N[C@@H](CNC(=O)CN(CC(=O)O)CC(=O)O)C(=O)N[C@@H](CCCCNC(=O)COCCOCCNC(=O)CCCCCCCCCCCCC(=O)O)C(N)=O. The zero-order chi connectivity index (χ0) is 61.2. The first-order chi connectivity index (χ1) is 39.0. The Kier molecular flexibility index (Phi) is 38.8. The van der Waals surface area contributed by atoms with Crippen molar-refractivity contribution in [1.82, 2.24) is 47.0 Å². The first-order valence-electron chi connectivity index (χ1n) is 28.1. The molecule has 1 heterocycles. The van der Waals surface area contributed by atoms with E-state index >= 15 is 0 Å². The highest BCUT2D eigenvalue weighted by atomic mass is 16.5. The van der Waals surface area contributed by atoms with Crippen molar-refractivity contribution in [2.45, 2.75) is 172 Å². The molecule has 0 aromatic heterocycles. The topological polar surface area (TPSA) is 464 Å². The van der Waals surface area contributed by atoms with Gasteiger partial charge in [0, 0.05) is 45.9 Å². The van der Waals surface area contributed by atoms with E-state index in [1.165, 1.54) is 11.8 Å². The van der Waals surface area contributed by atoms with Gasteiger partial charge in [-0.05, 0) is 70.8 Å². The number of hydrogen-bond donors (Lipinski definition) is 13. The van der Waals surface area contributed by atoms with Gasteiger partial charge in [-0.1, -0.05) is 51.4 Å². The summed E-state index contributed by atoms with van der Waals surface area (Å²) >= 11 is 0. The zero-order valence-electron chi connectivity index (χ0n) is 47.2. The van der Waals surface area contributed by atoms with Crippen LogP contribution in [0.25, 0.3) is 0 Å². The maximum atomic E-state index is 13.9. The van der Waals surface area contributed by atoms with Gasteiger partial charge in [0.2, 0.25) is 53.2 Å². The van der Waals surface area contributed by atoms with Crippen molar-refractivity contribution in [3.63, 3.8) is 0 Å². The molecule has 0 aromatic carbocycles. The number of primary amides is 1. The van der Waals surface area contributed by atoms with Crippen LogP contribution < -0.4 is 48.7 Å². The maximum Gasteiger partial charge on any atom is 0.317 e. The molecule has 1 rings (SSSR count). The van der Waals surface area contributed by atoms with Crippen molar-refractivity contribution in [2.24, 2.45) is 11.5 Å². The van der Waals surface area contributed by atoms with E-state index in [1.54, 1.807) is 0 Å². The Bertz CT molecular complexity index is 2050. The predicted molar refractivity (Wildman–Crippen MR) is 292 cm³/mol. The number of aliphatic carboxylic acids is 4. The Balaban J connectivity index is 2.79. The minimum Gasteiger partial charge on any atom is -0.481 e. The number of carboxylic acid groups (broad SMARTS) is 4. The first kappa shape index (κ1) is 73.0. The van der Waals surface area contributed by atoms with E-state index < -0.39 is 128 Å². The molecule has 15 N–H and O–H groups in total. The van der Waals surface area contributed by atoms with Gasteiger partial charge in [-0.3, -0.25) is 67.2 Å². The van der Waals surface area contributed by atoms with Crippen LogP contribution in [-0.2, 0) is 71.8 Å². The fourth-order valence-electron chi connectivity index (χ4n) is 8.63. The Morgan fingerprint density at radius 1 is 0.537 bits per heavy atom. The third-order valence-electron chi connectivity index (χ3n) is 12.9. The number of amides is 9. The number of likely N-dealkylation sites (tertiary alicyclic amines) is 1. The highest BCUT2D eigenvalue weighted by Gasteiger charge is 2.36. The quantitative estimate of drug-likeness (QED) is 0.0288. The molecule has 0 radical (unpaired) electrons. The molecule has 9 amide bonds. The number of nitrogens with zero attached hydrogens (tertiary/aromatic N) is 2. The van der Waals surface area contributed by atoms with Crippen LogP contribution in [0.5, 0.6) is 0 Å². The van der Waals surface area contributed by atoms with Crippen LogP contribution in [0, 0.1) is 0 Å². The van der Waals surface area contributed by atoms with E-state index in [-0.39, 0.29) is 83.4 Å². The molecule has 30 nitrogen and oxygen atoms in total. The summed E-state index contributed by atoms with van der Waals surface area (Å²) in [6.07, 6.45) is 11.5. The predicted octanol–water partition coefficient (Wildman–Crippen LogP) is -2.19. The summed E-state index contributed by atoms with van der Waals surface area (Å²) in [5.74, 6) is -12.3. The summed E-state index contributed by atoms with van der Waals surface area (Å²) < 4.78 is 10.8. The van der Waals surface area contributed by atoms with E-state index in [0.717, 1.165) is 69.1 Å². The van der Waals surface area contributed by atoms with Crippen LogP contribution in [-0.4, -0.2) is 216 Å². The number of ether oxygens (including phenoxy) is 2. The number of hydrogen-bond acceptors (Lipinski definition) is 17. The molecule has 5 atom stereocenters. The molecule has 0 aromatic rings. The number of carbonyl (C=O) groups is 13. The third-order valence-corrected chi connectivity index (χ3v) is 12.9. The summed E-state index contributed by atoms with van der Waals surface area (Å²) in [7, 11) is 0. The number of unbranched alkanes of at least 4 members (excludes halogenated alkanes) is 11. The normalized spacial score (nSPS) is 14.3. The van der Waals surface area contributed by atoms with Crippen LogP contribution in [0.4, 0.5) is 0 Å². The summed E-state index contributed by atoms with van der Waals surface area (Å²) in [6.45, 7) is -0.869. The van der Waals surface area contributed by atoms with E-state index in [0.29, 0.717) is 45.2 Å². The number of nitrogens with one attached hydrogen (secondary N) is 7. The lowest BCUT2D eigenvalue weighted by atomic mass is 10.1. The van der Waals surface area contributed by atoms with Gasteiger partial charge >= 0.3 is 23.9 Å². The highest BCUT2D eigenvalue weighted by Crippen LogP contribution is 2.18. The Hall–Kier alpha value is -7.05. The standard InChI is InChI=1S/C52H89N11O19/c1-35(64)63-25-16-19-40(63)52(80)59-37(18-12-14-22-53)49(77)60-38(29-45(70)71)50(78)61-39(30-57-42(66)31-62(32-46(72)73)33-47(74)75)51(79)58-36(48(54)76)17-13-15-23-55-43(67)34-82-28-27-81-26-24-56-41(65)20-10-8-6-4-2-3-5-7-9-11-21-44(68)69/h36-40H,2-34,53H2,1H3,(H2,54,76)(H,55,67)(H,56,65)(H,57,66)(H,58,79)(H,59,80)(H,60,77)(H,61,78)(H,68,69)(H,70,71)(H,72,73)(H,74,75)/t36-,37-,38-,39-,40-/m0/s1. The van der Waals surface area contributed by atoms with Crippen molar-refractivity contribution in [1.29, 1.82) is 0 Å². The fraction of sp³-hybridized carbons (Fsp3) is 0.750. The lowest BCUT2D eigenvalue weighted by Gasteiger charge is -2.27. The van der Waals surface area contributed by atoms with Crippen LogP contribution >= 0.6 is 0 Å². The average molecular weight is 1170 g/mol. The van der Waals surface area contributed by atoms with Gasteiger partial charge in [-0.2, -0.15) is 0 Å². The molecule has 1 saturated heterocycles. The molecule has 0 saturated carbocycles. The van der Waals surface area contributed by atoms with Gasteiger partial charge in [0.25, 0.3) is 0 Å². The molecule has 82 heavy (non-hydrogen) atoms. The Labute approximate surface area is 477 Å². The Morgan fingerprint density at radius 2 is 1.07 bits per heavy atom. The van der Waals surface area contributed by atoms with Crippen molar-refractivity contribution >= 4 is 77.0 Å². The molecule has 0 spiro atoms. The van der Waals surface area contributed by atoms with Crippen LogP contribution in [0.15, 0.2) is 0 Å². The summed E-state index contributed by atoms with van der Waals surface area (Å²) in [6, 6.07) is -7.41. The lowest BCUT2D eigenvalue weighted by molar-refractivity contribution is -0.143. The zero-order valence-corrected chi connectivity index (χ0v) is 47.2. The first-order valence-corrected chi connectivity index (χ1v) is 28.1. The van der Waals surface area contributed by atoms with Gasteiger partial charge in [-0.15, -0.1) is 0 Å². The van der Waals surface area contributed by atoms with Gasteiger partial charge in [0.15, 0.2) is 0 Å². The summed E-state index contributed by atoms with van der Waals surface area (Å²) in [5, 5.41) is 54.1. The van der Waals surface area contributed by atoms with Crippen LogP contribution in [0.3, 0.4) is 0 Å². The lowest BCUT2D eigenvalue weighted by Crippen LogP contribution is -2.61. The van der Waals surface area contributed by atoms with Crippen molar-refractivity contribution < 1.29 is 92.2 Å². The summed E-state index contributed by atoms with van der Waals surface area (Å²) in [5.41, 5.74) is 11.2. The van der Waals surface area contributed by atoms with E-state index in [4.69, 9.17) is 26.0 Å². The van der Waals surface area contributed by atoms with E-state index in [1.807, 2.05) is 0 Å². The van der Waals surface area contributed by atoms with Crippen LogP contribution in [0.2, 0.25) is 0 Å². The Morgan fingerprint density at radius 3 is 1.66 bits per heavy atom. The maximum absolute atomic E-state index is 13.9. The van der Waals surface area contributed by atoms with Gasteiger partial charge in [-0.25, -0.2) is 0 Å².